The van der Waals surface area contributed by atoms with Gasteiger partial charge in [0, 0.05) is 43.1 Å². The first kappa shape index (κ1) is 32.9. The van der Waals surface area contributed by atoms with Crippen LogP contribution in [0, 0.1) is 30.6 Å². The second kappa shape index (κ2) is 13.8. The van der Waals surface area contributed by atoms with Crippen LogP contribution < -0.4 is 10.1 Å². The number of aryl methyl sites for hydroxylation is 2. The molecule has 3 aromatic heterocycles. The average Bonchev–Trinajstić information content (AvgIpc) is 3.86. The van der Waals surface area contributed by atoms with Gasteiger partial charge in [0.15, 0.2) is 5.82 Å². The molecule has 0 bridgehead atoms. The largest absolute Gasteiger partial charge is 0.484 e. The molecule has 13 heteroatoms. The van der Waals surface area contributed by atoms with Crippen molar-refractivity contribution >= 4 is 35.0 Å². The van der Waals surface area contributed by atoms with E-state index in [1.807, 2.05) is 36.0 Å². The lowest BCUT2D eigenvalue weighted by Crippen LogP contribution is -2.54. The van der Waals surface area contributed by atoms with Crippen molar-refractivity contribution in [3.63, 3.8) is 0 Å². The number of fused-ring (bicyclic) bond motifs is 3. The molecule has 258 valence electrons. The van der Waals surface area contributed by atoms with E-state index in [0.29, 0.717) is 44.5 Å². The highest BCUT2D eigenvalue weighted by atomic mass is 32.1. The number of carbonyl (C=O) groups excluding carboxylic acids is 4. The molecule has 1 N–H and O–H groups in total. The van der Waals surface area contributed by atoms with Crippen LogP contribution in [-0.4, -0.2) is 59.1 Å². The van der Waals surface area contributed by atoms with Crippen molar-refractivity contribution < 1.29 is 23.9 Å². The summed E-state index contributed by atoms with van der Waals surface area (Å²) < 4.78 is 10.2. The maximum atomic E-state index is 13.3. The maximum absolute atomic E-state index is 13.3. The minimum Gasteiger partial charge on any atom is -0.484 e. The molecule has 0 saturated carbocycles. The number of aromatic nitrogens is 5. The lowest BCUT2D eigenvalue weighted by molar-refractivity contribution is -0.136. The van der Waals surface area contributed by atoms with Crippen molar-refractivity contribution in [3.8, 4) is 29.4 Å². The molecule has 1 atom stereocenters. The highest BCUT2D eigenvalue weighted by Crippen LogP contribution is 2.39. The summed E-state index contributed by atoms with van der Waals surface area (Å²) in [5, 5.41) is 15.2. The van der Waals surface area contributed by atoms with Crippen molar-refractivity contribution in [2.24, 2.45) is 0 Å². The molecule has 4 amide bonds. The van der Waals surface area contributed by atoms with Gasteiger partial charge in [-0.2, -0.15) is 5.10 Å². The Morgan fingerprint density at radius 2 is 1.87 bits per heavy atom. The van der Waals surface area contributed by atoms with Crippen LogP contribution >= 0.6 is 11.3 Å². The van der Waals surface area contributed by atoms with E-state index in [4.69, 9.17) is 4.74 Å². The number of nitrogens with zero attached hydrogens (tertiary/aromatic N) is 6. The van der Waals surface area contributed by atoms with Crippen LogP contribution in [0.15, 0.2) is 60.9 Å². The van der Waals surface area contributed by atoms with Crippen LogP contribution in [0.4, 0.5) is 0 Å². The zero-order valence-electron chi connectivity index (χ0n) is 28.1. The summed E-state index contributed by atoms with van der Waals surface area (Å²) in [6.45, 7) is 3.56. The summed E-state index contributed by atoms with van der Waals surface area (Å²) >= 11 is 1.64. The minimum atomic E-state index is -1.02. The topological polar surface area (TPSA) is 141 Å². The Hall–Kier alpha value is -6.31. The van der Waals surface area contributed by atoms with Crippen LogP contribution in [0.5, 0.6) is 5.75 Å². The number of piperidine rings is 1. The summed E-state index contributed by atoms with van der Waals surface area (Å²) in [6, 6.07) is 14.2. The highest BCUT2D eigenvalue weighted by Gasteiger charge is 2.45. The Balaban J connectivity index is 0.936. The quantitative estimate of drug-likeness (QED) is 0.159. The Bertz CT molecular complexity index is 2400. The van der Waals surface area contributed by atoms with Crippen LogP contribution in [0.3, 0.4) is 0 Å². The third-order valence-electron chi connectivity index (χ3n) is 9.24. The molecule has 12 nitrogen and oxygen atoms in total. The number of ether oxygens (including phenoxy) is 1. The molecule has 1 fully saturated rings. The molecule has 1 saturated heterocycles. The third-order valence-corrected chi connectivity index (χ3v) is 10.4. The first-order valence-corrected chi connectivity index (χ1v) is 17.7. The number of rotatable bonds is 6. The maximum Gasteiger partial charge on any atom is 0.263 e. The van der Waals surface area contributed by atoms with Crippen LogP contribution in [-0.2, 0) is 35.7 Å². The van der Waals surface area contributed by atoms with E-state index < -0.39 is 29.7 Å². The van der Waals surface area contributed by atoms with Gasteiger partial charge in [-0.3, -0.25) is 34.1 Å². The second-order valence-corrected chi connectivity index (χ2v) is 13.8. The monoisotopic (exact) mass is 709 g/mol. The molecule has 0 spiro atoms. The van der Waals surface area contributed by atoms with Gasteiger partial charge in [0.25, 0.3) is 11.8 Å². The molecule has 3 aliphatic rings. The number of hydrogen-bond acceptors (Lipinski definition) is 9. The first-order valence-electron chi connectivity index (χ1n) is 16.9. The Labute approximate surface area is 302 Å². The molecule has 0 aliphatic carbocycles. The summed E-state index contributed by atoms with van der Waals surface area (Å²) in [5.41, 5.74) is 3.88. The van der Waals surface area contributed by atoms with E-state index in [9.17, 15) is 19.2 Å². The van der Waals surface area contributed by atoms with Crippen molar-refractivity contribution in [1.29, 1.82) is 0 Å². The molecule has 8 rings (SSSR count). The minimum absolute atomic E-state index is 0.0639. The summed E-state index contributed by atoms with van der Waals surface area (Å²) in [6.07, 6.45) is 5.76. The Morgan fingerprint density at radius 1 is 1.00 bits per heavy atom. The normalized spacial score (nSPS) is 16.1. The number of carbonyl (C=O) groups is 4. The molecular formula is C39H31N7O5S. The van der Waals surface area contributed by atoms with E-state index in [1.54, 1.807) is 35.7 Å². The average molecular weight is 710 g/mol. The number of hydrogen-bond donors (Lipinski definition) is 1. The number of imide groups is 2. The molecule has 52 heavy (non-hydrogen) atoms. The van der Waals surface area contributed by atoms with Crippen molar-refractivity contribution in [2.75, 3.05) is 0 Å². The lowest BCUT2D eigenvalue weighted by Gasteiger charge is -2.27. The molecular weight excluding hydrogens is 679 g/mol. The van der Waals surface area contributed by atoms with Crippen LogP contribution in [0.1, 0.15) is 90.1 Å². The van der Waals surface area contributed by atoms with E-state index in [1.165, 1.54) is 5.56 Å². The fraction of sp³-hybridized carbons (Fsp3) is 0.256. The van der Waals surface area contributed by atoms with Gasteiger partial charge in [-0.15, -0.1) is 21.5 Å². The molecule has 1 unspecified atom stereocenters. The van der Waals surface area contributed by atoms with Crippen LogP contribution in [0.2, 0.25) is 0 Å². The predicted octanol–water partition coefficient (Wildman–Crippen LogP) is 4.01. The zero-order valence-corrected chi connectivity index (χ0v) is 29.0. The number of nitrogens with one attached hydrogen (secondary N) is 1. The van der Waals surface area contributed by atoms with E-state index in [-0.39, 0.29) is 24.0 Å². The molecule has 0 radical (unpaired) electrons. The fourth-order valence-corrected chi connectivity index (χ4v) is 7.74. The fourth-order valence-electron chi connectivity index (χ4n) is 6.64. The number of benzene rings is 2. The van der Waals surface area contributed by atoms with E-state index >= 15 is 0 Å². The van der Waals surface area contributed by atoms with E-state index in [2.05, 4.69) is 61.0 Å². The van der Waals surface area contributed by atoms with Crippen molar-refractivity contribution in [1.82, 2.24) is 34.8 Å². The van der Waals surface area contributed by atoms with Crippen molar-refractivity contribution in [3.05, 3.63) is 116 Å². The lowest BCUT2D eigenvalue weighted by atomic mass is 10.0. The zero-order chi connectivity index (χ0) is 35.8. The summed E-state index contributed by atoms with van der Waals surface area (Å²) in [4.78, 5) is 53.4. The van der Waals surface area contributed by atoms with Gasteiger partial charge in [-0.25, -0.2) is 0 Å². The van der Waals surface area contributed by atoms with Gasteiger partial charge >= 0.3 is 0 Å². The molecule has 2 aromatic carbocycles. The smallest absolute Gasteiger partial charge is 0.263 e. The van der Waals surface area contributed by atoms with Crippen LogP contribution in [0.25, 0.3) is 0 Å². The number of unbranched alkanes of at least 4 members (excludes halogenated alkanes) is 1. The predicted molar refractivity (Wildman–Crippen MR) is 189 cm³/mol. The van der Waals surface area contributed by atoms with Crippen molar-refractivity contribution in [2.45, 2.75) is 64.8 Å². The highest BCUT2D eigenvalue weighted by molar-refractivity contribution is 7.13. The Morgan fingerprint density at radius 3 is 2.71 bits per heavy atom. The van der Waals surface area contributed by atoms with Gasteiger partial charge in [-0.1, -0.05) is 60.1 Å². The SMILES string of the molecule is Cc1nnc2n1Cc1sc(C#Cc3cnn(CCCC#Cc4cccc5c4C(=O)N(C4CCC(=O)NC4=O)C5=O)c3)c(Cc3ccccc3)c1OC2. The van der Waals surface area contributed by atoms with Gasteiger partial charge in [0.05, 0.1) is 39.2 Å². The van der Waals surface area contributed by atoms with E-state index in [0.717, 1.165) is 43.2 Å². The second-order valence-electron chi connectivity index (χ2n) is 12.7. The number of amides is 4. The van der Waals surface area contributed by atoms with Gasteiger partial charge in [-0.05, 0) is 37.5 Å². The molecule has 3 aliphatic heterocycles. The molecule has 6 heterocycles. The van der Waals surface area contributed by atoms with Gasteiger partial charge in [0.2, 0.25) is 11.8 Å². The standard InChI is InChI=1S/C39H31N7O5S/c1-24-42-43-33-23-51-36-29(19-25-9-4-2-5-10-25)31(52-32(36)22-45(24)33)16-14-26-20-40-44(21-26)18-7-3-6-11-27-12-8-13-28-35(27)39(50)46(38(28)49)30-15-17-34(47)41-37(30)48/h2,4-5,8-10,12-13,20-21,30H,3,7,15,17-19,22-23H2,1H3,(H,41,47,48). The van der Waals surface area contributed by atoms with Gasteiger partial charge < -0.3 is 9.30 Å². The third kappa shape index (κ3) is 6.27. The first-order chi connectivity index (χ1) is 25.3. The van der Waals surface area contributed by atoms with Gasteiger partial charge in [0.1, 0.15) is 24.2 Å². The molecule has 5 aromatic rings. The summed E-state index contributed by atoms with van der Waals surface area (Å²) in [5.74, 6) is 13.2. The summed E-state index contributed by atoms with van der Waals surface area (Å²) in [7, 11) is 0. The Kier molecular flexibility index (Phi) is 8.71. The number of thiophene rings is 1.